The van der Waals surface area contributed by atoms with E-state index in [9.17, 15) is 0 Å². The molecule has 0 aromatic rings. The Hall–Kier alpha value is -0.0800. The summed E-state index contributed by atoms with van der Waals surface area (Å²) in [5, 5.41) is 0. The van der Waals surface area contributed by atoms with Crippen LogP contribution in [0.3, 0.4) is 0 Å². The lowest BCUT2D eigenvalue weighted by Crippen LogP contribution is -2.51. The highest BCUT2D eigenvalue weighted by Crippen LogP contribution is 2.28. The number of nitrogens with zero attached hydrogens (tertiary/aromatic N) is 1. The van der Waals surface area contributed by atoms with Crippen molar-refractivity contribution in [1.82, 2.24) is 4.90 Å². The van der Waals surface area contributed by atoms with E-state index in [4.69, 9.17) is 5.73 Å². The molecule has 2 N–H and O–H groups in total. The van der Waals surface area contributed by atoms with E-state index in [0.717, 1.165) is 12.0 Å². The quantitative estimate of drug-likeness (QED) is 0.815. The molecule has 1 saturated heterocycles. The Balaban J connectivity index is 1.83. The summed E-state index contributed by atoms with van der Waals surface area (Å²) in [7, 11) is 0. The van der Waals surface area contributed by atoms with E-state index in [1.54, 1.807) is 0 Å². The molecule has 100 valence electrons. The van der Waals surface area contributed by atoms with Crippen molar-refractivity contribution in [2.75, 3.05) is 13.1 Å². The van der Waals surface area contributed by atoms with Gasteiger partial charge in [-0.05, 0) is 38.1 Å². The number of nitrogens with two attached hydrogens (primary N) is 1. The van der Waals surface area contributed by atoms with Gasteiger partial charge in [0.15, 0.2) is 0 Å². The summed E-state index contributed by atoms with van der Waals surface area (Å²) in [5.41, 5.74) is 6.28. The van der Waals surface area contributed by atoms with Gasteiger partial charge in [0.05, 0.1) is 0 Å². The minimum absolute atomic E-state index is 0.474. The van der Waals surface area contributed by atoms with Gasteiger partial charge in [0, 0.05) is 18.6 Å². The molecule has 0 spiro atoms. The van der Waals surface area contributed by atoms with Crippen LogP contribution in [0.1, 0.15) is 64.7 Å². The summed E-state index contributed by atoms with van der Waals surface area (Å²) >= 11 is 0. The fourth-order valence-corrected chi connectivity index (χ4v) is 3.63. The molecule has 2 fully saturated rings. The van der Waals surface area contributed by atoms with Crippen LogP contribution >= 0.6 is 0 Å². The minimum Gasteiger partial charge on any atom is -0.327 e. The van der Waals surface area contributed by atoms with E-state index in [2.05, 4.69) is 11.8 Å². The van der Waals surface area contributed by atoms with Crippen LogP contribution in [0.4, 0.5) is 0 Å². The van der Waals surface area contributed by atoms with Gasteiger partial charge in [-0.2, -0.15) is 0 Å². The summed E-state index contributed by atoms with van der Waals surface area (Å²) in [6.07, 6.45) is 12.5. The van der Waals surface area contributed by atoms with Crippen molar-refractivity contribution in [2.45, 2.75) is 76.8 Å². The van der Waals surface area contributed by atoms with Crippen molar-refractivity contribution < 1.29 is 0 Å². The van der Waals surface area contributed by atoms with Gasteiger partial charge in [0.25, 0.3) is 0 Å². The van der Waals surface area contributed by atoms with Gasteiger partial charge in [-0.15, -0.1) is 0 Å². The maximum atomic E-state index is 6.28. The third-order valence-electron chi connectivity index (χ3n) is 4.84. The molecule has 17 heavy (non-hydrogen) atoms. The SMILES string of the molecule is CCCC[C@H]1CN(C2CCCCC2)CC[C@@H]1N. The highest BCUT2D eigenvalue weighted by atomic mass is 15.2. The maximum Gasteiger partial charge on any atom is 0.00953 e. The number of unbranched alkanes of at least 4 members (excludes halogenated alkanes) is 1. The number of likely N-dealkylation sites (tertiary alicyclic amines) is 1. The molecular weight excluding hydrogens is 208 g/mol. The zero-order valence-electron chi connectivity index (χ0n) is 11.5. The van der Waals surface area contributed by atoms with Crippen LogP contribution in [0.2, 0.25) is 0 Å². The Morgan fingerprint density at radius 1 is 1.12 bits per heavy atom. The highest BCUT2D eigenvalue weighted by Gasteiger charge is 2.30. The molecule has 0 radical (unpaired) electrons. The maximum absolute atomic E-state index is 6.28. The predicted molar refractivity (Wildman–Crippen MR) is 74.1 cm³/mol. The molecule has 1 aliphatic heterocycles. The lowest BCUT2D eigenvalue weighted by molar-refractivity contribution is 0.0830. The zero-order chi connectivity index (χ0) is 12.1. The number of rotatable bonds is 4. The lowest BCUT2D eigenvalue weighted by Gasteiger charge is -2.42. The molecule has 2 aliphatic rings. The summed E-state index contributed by atoms with van der Waals surface area (Å²) in [5.74, 6) is 0.769. The zero-order valence-corrected chi connectivity index (χ0v) is 11.5. The smallest absolute Gasteiger partial charge is 0.00953 e. The Morgan fingerprint density at radius 3 is 2.59 bits per heavy atom. The minimum atomic E-state index is 0.474. The van der Waals surface area contributed by atoms with Gasteiger partial charge in [-0.25, -0.2) is 0 Å². The predicted octanol–water partition coefficient (Wildman–Crippen LogP) is 3.16. The van der Waals surface area contributed by atoms with Crippen molar-refractivity contribution in [3.63, 3.8) is 0 Å². The second-order valence-electron chi connectivity index (χ2n) is 6.14. The summed E-state index contributed by atoms with van der Waals surface area (Å²) < 4.78 is 0. The van der Waals surface area contributed by atoms with E-state index in [-0.39, 0.29) is 0 Å². The second-order valence-corrected chi connectivity index (χ2v) is 6.14. The molecule has 0 amide bonds. The van der Waals surface area contributed by atoms with Crippen molar-refractivity contribution in [3.05, 3.63) is 0 Å². The van der Waals surface area contributed by atoms with Gasteiger partial charge >= 0.3 is 0 Å². The van der Waals surface area contributed by atoms with Crippen molar-refractivity contribution >= 4 is 0 Å². The van der Waals surface area contributed by atoms with E-state index in [1.807, 2.05) is 0 Å². The molecule has 1 heterocycles. The first kappa shape index (κ1) is 13.4. The van der Waals surface area contributed by atoms with Gasteiger partial charge < -0.3 is 5.73 Å². The van der Waals surface area contributed by atoms with E-state index >= 15 is 0 Å². The van der Waals surface area contributed by atoms with Crippen LogP contribution in [0.5, 0.6) is 0 Å². The molecule has 2 heteroatoms. The molecule has 2 atom stereocenters. The van der Waals surface area contributed by atoms with Crippen molar-refractivity contribution in [1.29, 1.82) is 0 Å². The summed E-state index contributed by atoms with van der Waals surface area (Å²) in [4.78, 5) is 2.77. The van der Waals surface area contributed by atoms with E-state index in [1.165, 1.54) is 70.9 Å². The molecule has 1 aliphatic carbocycles. The lowest BCUT2D eigenvalue weighted by atomic mass is 9.85. The van der Waals surface area contributed by atoms with E-state index in [0.29, 0.717) is 6.04 Å². The van der Waals surface area contributed by atoms with Crippen LogP contribution < -0.4 is 5.73 Å². The van der Waals surface area contributed by atoms with Crippen LogP contribution in [0.25, 0.3) is 0 Å². The second kappa shape index (κ2) is 6.75. The fourth-order valence-electron chi connectivity index (χ4n) is 3.63. The number of hydrogen-bond acceptors (Lipinski definition) is 2. The molecule has 0 aromatic heterocycles. The van der Waals surface area contributed by atoms with Gasteiger partial charge in [0.1, 0.15) is 0 Å². The Bertz CT molecular complexity index is 211. The molecule has 0 unspecified atom stereocenters. The number of hydrogen-bond donors (Lipinski definition) is 1. The molecule has 2 nitrogen and oxygen atoms in total. The largest absolute Gasteiger partial charge is 0.327 e. The van der Waals surface area contributed by atoms with Crippen LogP contribution in [0.15, 0.2) is 0 Å². The molecule has 0 aromatic carbocycles. The normalized spacial score (nSPS) is 32.8. The highest BCUT2D eigenvalue weighted by molar-refractivity contribution is 4.87. The average molecular weight is 238 g/mol. The van der Waals surface area contributed by atoms with Crippen LogP contribution in [-0.2, 0) is 0 Å². The summed E-state index contributed by atoms with van der Waals surface area (Å²) in [6, 6.07) is 1.36. The number of piperidine rings is 1. The topological polar surface area (TPSA) is 29.3 Å². The molecule has 1 saturated carbocycles. The molecule has 0 bridgehead atoms. The molecular formula is C15H30N2. The standard InChI is InChI=1S/C15H30N2/c1-2-3-7-13-12-17(11-10-15(13)16)14-8-5-4-6-9-14/h13-15H,2-12,16H2,1H3/t13-,15-/m0/s1. The fraction of sp³-hybridized carbons (Fsp3) is 1.00. The Kier molecular flexibility index (Phi) is 5.30. The monoisotopic (exact) mass is 238 g/mol. The van der Waals surface area contributed by atoms with Gasteiger partial charge in [-0.1, -0.05) is 39.0 Å². The van der Waals surface area contributed by atoms with Gasteiger partial charge in [0.2, 0.25) is 0 Å². The van der Waals surface area contributed by atoms with Crippen molar-refractivity contribution in [2.24, 2.45) is 11.7 Å². The third-order valence-corrected chi connectivity index (χ3v) is 4.84. The van der Waals surface area contributed by atoms with Crippen molar-refractivity contribution in [3.8, 4) is 0 Å². The first-order chi connectivity index (χ1) is 8.31. The first-order valence-electron chi connectivity index (χ1n) is 7.81. The first-order valence-corrected chi connectivity index (χ1v) is 7.81. The Morgan fingerprint density at radius 2 is 1.88 bits per heavy atom. The van der Waals surface area contributed by atoms with Crippen LogP contribution in [0, 0.1) is 5.92 Å². The van der Waals surface area contributed by atoms with E-state index < -0.39 is 0 Å². The van der Waals surface area contributed by atoms with Crippen LogP contribution in [-0.4, -0.2) is 30.1 Å². The van der Waals surface area contributed by atoms with Gasteiger partial charge in [-0.3, -0.25) is 4.90 Å². The average Bonchev–Trinajstić information content (AvgIpc) is 2.39. The summed E-state index contributed by atoms with van der Waals surface area (Å²) in [6.45, 7) is 4.83. The third kappa shape index (κ3) is 3.69. The Labute approximate surface area is 107 Å². The molecule has 2 rings (SSSR count).